The van der Waals surface area contributed by atoms with E-state index in [1.54, 1.807) is 20.8 Å². The fraction of sp³-hybridized carbons (Fsp3) is 0.443. The van der Waals surface area contributed by atoms with Crippen molar-refractivity contribution < 1.29 is 122 Å². The first kappa shape index (κ1) is 74.8. The lowest BCUT2D eigenvalue weighted by atomic mass is 9.84. The number of fused-ring (bicyclic) bond motifs is 16. The second-order valence-electron chi connectivity index (χ2n) is 27.0. The number of Topliss-reactive ketones (excluding diaryl/α,β-unsaturated/α-hetero) is 2. The summed E-state index contributed by atoms with van der Waals surface area (Å²) in [4.78, 5) is 130. The summed E-state index contributed by atoms with van der Waals surface area (Å²) in [7, 11) is 0. The van der Waals surface area contributed by atoms with Gasteiger partial charge in [0.1, 0.15) is 77.4 Å². The van der Waals surface area contributed by atoms with E-state index >= 15 is 14.4 Å². The normalized spacial score (nSPS) is 29.6. The maximum Gasteiger partial charge on any atom is 0.408 e. The van der Waals surface area contributed by atoms with Crippen LogP contribution in [0.15, 0.2) is 78.9 Å². The van der Waals surface area contributed by atoms with Gasteiger partial charge >= 0.3 is 12.1 Å². The van der Waals surface area contributed by atoms with Crippen molar-refractivity contribution in [3.8, 4) is 57.1 Å². The Hall–Kier alpha value is -9.41. The lowest BCUT2D eigenvalue weighted by Crippen LogP contribution is -2.63. The Morgan fingerprint density at radius 2 is 1.40 bits per heavy atom. The number of primary amides is 1. The van der Waals surface area contributed by atoms with Crippen LogP contribution in [0.1, 0.15) is 131 Å². The van der Waals surface area contributed by atoms with Gasteiger partial charge in [0.05, 0.1) is 40.1 Å². The Morgan fingerprint density at radius 3 is 2.01 bits per heavy atom. The first-order valence-corrected chi connectivity index (χ1v) is 33.7. The number of halogens is 2. The van der Waals surface area contributed by atoms with Gasteiger partial charge in [0.2, 0.25) is 41.6 Å². The van der Waals surface area contributed by atoms with E-state index in [1.807, 2.05) is 13.8 Å². The number of amides is 6. The third-order valence-corrected chi connectivity index (χ3v) is 19.7. The average molecular weight is 1470 g/mol. The van der Waals surface area contributed by atoms with Gasteiger partial charge in [-0.1, -0.05) is 62.2 Å². The zero-order valence-corrected chi connectivity index (χ0v) is 57.2. The molecule has 0 saturated carbocycles. The molecule has 3 fully saturated rings. The zero-order valence-electron chi connectivity index (χ0n) is 55.7. The van der Waals surface area contributed by atoms with Crippen LogP contribution < -0.4 is 46.5 Å². The summed E-state index contributed by atoms with van der Waals surface area (Å²) in [6, 6.07) is 5.65. The molecule has 8 aliphatic rings. The number of benzene rings is 5. The number of aromatic hydroxyl groups is 3. The number of alkyl carbamates (subject to hydrolysis) is 1. The molecular weight excluding hydrogens is 1400 g/mol. The first-order valence-electron chi connectivity index (χ1n) is 33.0. The topological polar surface area (TPSA) is 486 Å². The Kier molecular flexibility index (Phi) is 21.9. The fourth-order valence-corrected chi connectivity index (χ4v) is 14.4. The molecule has 6 amide bonds. The largest absolute Gasteiger partial charge is 0.508 e. The maximum atomic E-state index is 16.2. The van der Waals surface area contributed by atoms with Gasteiger partial charge in [-0.15, -0.1) is 0 Å². The molecule has 0 aliphatic carbocycles. The first-order chi connectivity index (χ1) is 48.7. The number of carboxylic acid groups (broad SMARTS) is 1. The monoisotopic (exact) mass is 1470 g/mol. The van der Waals surface area contributed by atoms with Crippen LogP contribution in [-0.4, -0.2) is 173 Å². The average Bonchev–Trinajstić information content (AvgIpc) is 1.75. The van der Waals surface area contributed by atoms with Crippen LogP contribution in [0.5, 0.6) is 46.0 Å². The van der Waals surface area contributed by atoms with Crippen LogP contribution >= 0.6 is 23.2 Å². The number of aliphatic hydroxyl groups is 5. The molecular formula is C70H76Cl2N6O25. The highest BCUT2D eigenvalue weighted by Gasteiger charge is 2.56. The fourth-order valence-electron chi connectivity index (χ4n) is 13.9. The second kappa shape index (κ2) is 30.1. The quantitative estimate of drug-likeness (QED) is 0.0781. The van der Waals surface area contributed by atoms with Gasteiger partial charge in [-0.05, 0) is 109 Å². The number of aliphatic hydroxyl groups excluding tert-OH is 5. The van der Waals surface area contributed by atoms with Crippen molar-refractivity contribution in [1.82, 2.24) is 26.6 Å². The number of hydrogen-bond acceptors (Lipinski definition) is 24. The Balaban J connectivity index is 1.15. The Labute approximate surface area is 596 Å². The minimum atomic E-state index is -2.25. The van der Waals surface area contributed by atoms with E-state index in [4.69, 9.17) is 62.1 Å². The molecule has 0 aromatic heterocycles. The number of nitrogens with two attached hydrogens (primary N) is 1. The molecule has 13 rings (SSSR count). The van der Waals surface area contributed by atoms with E-state index < -0.39 is 244 Å². The van der Waals surface area contributed by atoms with Gasteiger partial charge in [0, 0.05) is 54.4 Å². The van der Waals surface area contributed by atoms with Crippen LogP contribution in [-0.2, 0) is 57.3 Å². The molecule has 16 N–H and O–H groups in total. The zero-order chi connectivity index (χ0) is 74.5. The van der Waals surface area contributed by atoms with Gasteiger partial charge < -0.3 is 111 Å². The predicted molar refractivity (Wildman–Crippen MR) is 356 cm³/mol. The third kappa shape index (κ3) is 15.5. The SMILES string of the molecule is CC[C@H](CC(C)C)C(=O)N[C@H]1C(=O)C[C@@H](CC(N)=O)C(=O)N[C@H]2C(=O)C[C@H]3C(=O)N[C@H](C(=O)N[C@H](C(=O)O)c4cc(O)cc(O)c4-c4cc3ccc4O)[C@H](O)c3ccc(c(Cl)c3)Oc3cc2cc(c3O[C@@H]2O[C@H](CO)[C@@H](O)[C@H](O)[C@H]2O[C@H]2C[C@]3(C)NC(=O)O[C@@H]3[C@H](C)O2)Oc2ccc(cc2Cl)[C@H]1O. The minimum absolute atomic E-state index is 0.0169. The summed E-state index contributed by atoms with van der Waals surface area (Å²) in [5.41, 5.74) is 2.26. The van der Waals surface area contributed by atoms with E-state index in [0.717, 1.165) is 54.6 Å². The second-order valence-corrected chi connectivity index (χ2v) is 27.8. The van der Waals surface area contributed by atoms with Crippen LogP contribution in [0.2, 0.25) is 10.0 Å². The molecule has 3 saturated heterocycles. The standard InChI is InChI=1S/C70H76Cl2N6O25/c1-6-28(13-26(2)3)63(90)76-54-42(83)17-33(20-49(73)85)64(91)74-52-32-18-46(98-44-11-8-30(56(54)86)15-38(44)71)60(102-68-61(59(89)58(88)48(25-79)100-68)101-50-24-70(5)62(27(4)97-50)103-69(96)78-70)47(19-32)99-45-12-9-31(16-39(45)72)57(87)55-66(93)75-53(67(94)95)37-21-34(80)22-41(82)51(37)36-14-29(7-10-40(36)81)35(23-43(52)84)65(92)77-55/h7-12,14-16,18-19,21-22,26-28,33,35,48,50,52-59,61-62,68,79-82,86-89H,6,13,17,20,23-25H2,1-5H3,(H2,73,85)(H,74,91)(H,75,93)(H,76,90)(H,77,92)(H,78,96)(H,94,95)/t27-,28+,33-,35+,48+,50-,52+,53-,54-,55-,56+,57+,58+,59-,61+,62+,68-,70-/m0/s1. The number of hydrogen-bond donors (Lipinski definition) is 15. The van der Waals surface area contributed by atoms with Crippen molar-refractivity contribution in [3.63, 3.8) is 0 Å². The van der Waals surface area contributed by atoms with Gasteiger partial charge in [-0.3, -0.25) is 33.6 Å². The van der Waals surface area contributed by atoms with Crippen molar-refractivity contribution in [2.45, 2.75) is 170 Å². The number of ketones is 2. The highest BCUT2D eigenvalue weighted by molar-refractivity contribution is 6.32. The molecule has 5 aromatic carbocycles. The minimum Gasteiger partial charge on any atom is -0.508 e. The van der Waals surface area contributed by atoms with Crippen molar-refractivity contribution in [3.05, 3.63) is 117 Å². The highest BCUT2D eigenvalue weighted by Crippen LogP contribution is 2.51. The molecule has 550 valence electrons. The van der Waals surface area contributed by atoms with Gasteiger partial charge in [0.25, 0.3) is 0 Å². The van der Waals surface area contributed by atoms with Crippen molar-refractivity contribution in [2.24, 2.45) is 23.5 Å². The van der Waals surface area contributed by atoms with E-state index in [1.165, 1.54) is 24.3 Å². The van der Waals surface area contributed by atoms with E-state index in [0.29, 0.717) is 12.8 Å². The number of ether oxygens (including phenoxy) is 7. The summed E-state index contributed by atoms with van der Waals surface area (Å²) in [6.45, 7) is 7.78. The van der Waals surface area contributed by atoms with Crippen molar-refractivity contribution in [2.75, 3.05) is 6.61 Å². The van der Waals surface area contributed by atoms with Crippen LogP contribution in [0.3, 0.4) is 0 Å². The Morgan fingerprint density at radius 1 is 0.748 bits per heavy atom. The molecule has 0 spiro atoms. The summed E-state index contributed by atoms with van der Waals surface area (Å²) in [6.07, 6.45) is -19.9. The van der Waals surface area contributed by atoms with Crippen molar-refractivity contribution >= 4 is 76.4 Å². The summed E-state index contributed by atoms with van der Waals surface area (Å²) in [5, 5.41) is 116. The van der Waals surface area contributed by atoms with Crippen LogP contribution in [0.25, 0.3) is 11.1 Å². The molecule has 33 heteroatoms. The number of carboxylic acids is 1. The molecule has 31 nitrogen and oxygen atoms in total. The number of phenolic OH excluding ortho intramolecular Hbond substituents is 3. The molecule has 0 radical (unpaired) electrons. The van der Waals surface area contributed by atoms with Crippen LogP contribution in [0, 0.1) is 17.8 Å². The number of aliphatic carboxylic acids is 1. The Bertz CT molecular complexity index is 4220. The molecule has 18 atom stereocenters. The van der Waals surface area contributed by atoms with Gasteiger partial charge in [-0.2, -0.15) is 0 Å². The van der Waals surface area contributed by atoms with E-state index in [2.05, 4.69) is 26.6 Å². The number of carbonyl (C=O) groups is 9. The summed E-state index contributed by atoms with van der Waals surface area (Å²) < 4.78 is 44.4. The lowest BCUT2D eigenvalue weighted by molar-refractivity contribution is -0.332. The third-order valence-electron chi connectivity index (χ3n) is 19.2. The van der Waals surface area contributed by atoms with Gasteiger partial charge in [-0.25, -0.2) is 9.59 Å². The molecule has 0 unspecified atom stereocenters. The molecule has 11 bridgehead atoms. The number of carbonyl (C=O) groups excluding carboxylic acids is 8. The highest BCUT2D eigenvalue weighted by atomic mass is 35.5. The lowest BCUT2D eigenvalue weighted by Gasteiger charge is -2.46. The predicted octanol–water partition coefficient (Wildman–Crippen LogP) is 4.31. The van der Waals surface area contributed by atoms with E-state index in [-0.39, 0.29) is 51.1 Å². The van der Waals surface area contributed by atoms with Crippen LogP contribution in [0.4, 0.5) is 4.79 Å². The molecule has 8 aliphatic heterocycles. The number of rotatable bonds is 13. The number of nitrogens with one attached hydrogen (secondary N) is 5. The number of phenols is 3. The van der Waals surface area contributed by atoms with E-state index in [9.17, 15) is 74.7 Å². The molecule has 103 heavy (non-hydrogen) atoms. The van der Waals surface area contributed by atoms with Gasteiger partial charge in [0.15, 0.2) is 47.6 Å². The van der Waals surface area contributed by atoms with Crippen molar-refractivity contribution in [1.29, 1.82) is 0 Å². The maximum absolute atomic E-state index is 16.2. The molecule has 5 aromatic rings. The smallest absolute Gasteiger partial charge is 0.408 e. The summed E-state index contributed by atoms with van der Waals surface area (Å²) in [5.74, 6) is -19.0. The molecule has 8 heterocycles. The summed E-state index contributed by atoms with van der Waals surface area (Å²) >= 11 is 14.2.